The van der Waals surface area contributed by atoms with Crippen molar-refractivity contribution in [1.29, 1.82) is 0 Å². The smallest absolute Gasteiger partial charge is 0.126 e. The maximum Gasteiger partial charge on any atom is 0.126 e. The predicted octanol–water partition coefficient (Wildman–Crippen LogP) is 3.60. The Bertz CT molecular complexity index is 403. The number of nitrogens with one attached hydrogen (secondary N) is 1. The molecular formula is C15H24FNO. The molecule has 0 amide bonds. The Labute approximate surface area is 110 Å². The van der Waals surface area contributed by atoms with E-state index in [1.807, 2.05) is 32.9 Å². The van der Waals surface area contributed by atoms with Crippen molar-refractivity contribution in [3.05, 3.63) is 35.1 Å². The van der Waals surface area contributed by atoms with Crippen LogP contribution in [0.2, 0.25) is 0 Å². The Morgan fingerprint density at radius 3 is 2.39 bits per heavy atom. The largest absolute Gasteiger partial charge is 0.377 e. The lowest BCUT2D eigenvalue weighted by atomic mass is 9.98. The maximum atomic E-state index is 13.5. The highest BCUT2D eigenvalue weighted by molar-refractivity contribution is 5.25. The van der Waals surface area contributed by atoms with Crippen molar-refractivity contribution in [2.45, 2.75) is 52.3 Å². The van der Waals surface area contributed by atoms with Gasteiger partial charge in [-0.15, -0.1) is 0 Å². The summed E-state index contributed by atoms with van der Waals surface area (Å²) in [6.45, 7) is 9.95. The molecule has 0 heterocycles. The molecular weight excluding hydrogens is 229 g/mol. The van der Waals surface area contributed by atoms with Gasteiger partial charge in [0.25, 0.3) is 0 Å². The van der Waals surface area contributed by atoms with Crippen LogP contribution in [0.1, 0.15) is 44.9 Å². The van der Waals surface area contributed by atoms with Gasteiger partial charge in [-0.3, -0.25) is 0 Å². The fraction of sp³-hybridized carbons (Fsp3) is 0.600. The zero-order valence-corrected chi connectivity index (χ0v) is 12.2. The molecule has 1 aromatic rings. The molecule has 1 N–H and O–H groups in total. The summed E-state index contributed by atoms with van der Waals surface area (Å²) in [6, 6.07) is 5.63. The molecule has 1 aromatic carbocycles. The van der Waals surface area contributed by atoms with Crippen molar-refractivity contribution in [1.82, 2.24) is 5.32 Å². The fourth-order valence-corrected chi connectivity index (χ4v) is 1.73. The Kier molecular flexibility index (Phi) is 4.88. The van der Waals surface area contributed by atoms with Crippen LogP contribution in [0.25, 0.3) is 0 Å². The second-order valence-electron chi connectivity index (χ2n) is 5.43. The van der Waals surface area contributed by atoms with Gasteiger partial charge in [0, 0.05) is 19.2 Å². The molecule has 0 saturated carbocycles. The Morgan fingerprint density at radius 1 is 1.28 bits per heavy atom. The van der Waals surface area contributed by atoms with E-state index in [2.05, 4.69) is 12.2 Å². The number of hydrogen-bond donors (Lipinski definition) is 1. The average molecular weight is 253 g/mol. The molecule has 0 aliphatic carbocycles. The minimum atomic E-state index is -0.252. The fourth-order valence-electron chi connectivity index (χ4n) is 1.73. The molecule has 0 spiro atoms. The summed E-state index contributed by atoms with van der Waals surface area (Å²) in [5.41, 5.74) is 1.38. The summed E-state index contributed by atoms with van der Waals surface area (Å²) >= 11 is 0. The van der Waals surface area contributed by atoms with E-state index >= 15 is 0 Å². The zero-order valence-electron chi connectivity index (χ0n) is 12.2. The van der Waals surface area contributed by atoms with Crippen LogP contribution in [0.15, 0.2) is 18.2 Å². The van der Waals surface area contributed by atoms with Gasteiger partial charge >= 0.3 is 0 Å². The van der Waals surface area contributed by atoms with E-state index in [4.69, 9.17) is 4.74 Å². The summed E-state index contributed by atoms with van der Waals surface area (Å²) in [6.07, 6.45) is 0. The van der Waals surface area contributed by atoms with Crippen LogP contribution in [0.5, 0.6) is 0 Å². The van der Waals surface area contributed by atoms with Gasteiger partial charge in [0.1, 0.15) is 5.82 Å². The first kappa shape index (κ1) is 15.1. The number of rotatable bonds is 5. The Morgan fingerprint density at radius 2 is 1.89 bits per heavy atom. The van der Waals surface area contributed by atoms with Gasteiger partial charge in [0.05, 0.1) is 5.60 Å². The average Bonchev–Trinajstić information content (AvgIpc) is 2.32. The van der Waals surface area contributed by atoms with Gasteiger partial charge in [-0.25, -0.2) is 4.39 Å². The molecule has 102 valence electrons. The lowest BCUT2D eigenvalue weighted by Gasteiger charge is -2.33. The highest BCUT2D eigenvalue weighted by Gasteiger charge is 2.26. The topological polar surface area (TPSA) is 21.3 Å². The summed E-state index contributed by atoms with van der Waals surface area (Å²) in [5, 5.41) is 3.44. The van der Waals surface area contributed by atoms with Gasteiger partial charge in [-0.1, -0.05) is 12.1 Å². The van der Waals surface area contributed by atoms with Crippen molar-refractivity contribution in [3.63, 3.8) is 0 Å². The van der Waals surface area contributed by atoms with E-state index in [0.29, 0.717) is 5.56 Å². The quantitative estimate of drug-likeness (QED) is 0.865. The van der Waals surface area contributed by atoms with Crippen molar-refractivity contribution in [2.24, 2.45) is 0 Å². The first-order valence-corrected chi connectivity index (χ1v) is 6.35. The van der Waals surface area contributed by atoms with Crippen molar-refractivity contribution in [2.75, 3.05) is 7.11 Å². The lowest BCUT2D eigenvalue weighted by molar-refractivity contribution is -0.00765. The van der Waals surface area contributed by atoms with Gasteiger partial charge < -0.3 is 10.1 Å². The van der Waals surface area contributed by atoms with E-state index in [0.717, 1.165) is 5.56 Å². The molecule has 2 unspecified atom stereocenters. The molecule has 0 aliphatic rings. The third-order valence-corrected chi connectivity index (χ3v) is 3.76. The first-order chi connectivity index (χ1) is 8.27. The van der Waals surface area contributed by atoms with E-state index in [-0.39, 0.29) is 23.5 Å². The van der Waals surface area contributed by atoms with Gasteiger partial charge in [0.15, 0.2) is 0 Å². The van der Waals surface area contributed by atoms with E-state index in [1.54, 1.807) is 20.1 Å². The number of methoxy groups -OCH3 is 1. The van der Waals surface area contributed by atoms with Crippen LogP contribution >= 0.6 is 0 Å². The number of hydrogen-bond acceptors (Lipinski definition) is 2. The highest BCUT2D eigenvalue weighted by atomic mass is 19.1. The Hall–Kier alpha value is -0.930. The molecule has 3 heteroatoms. The van der Waals surface area contributed by atoms with Crippen LogP contribution in [-0.4, -0.2) is 18.8 Å². The van der Waals surface area contributed by atoms with Crippen LogP contribution in [0.4, 0.5) is 4.39 Å². The van der Waals surface area contributed by atoms with Crippen LogP contribution in [0, 0.1) is 12.7 Å². The molecule has 1 rings (SSSR count). The van der Waals surface area contributed by atoms with Gasteiger partial charge in [0.2, 0.25) is 0 Å². The summed E-state index contributed by atoms with van der Waals surface area (Å²) in [4.78, 5) is 0. The molecule has 0 radical (unpaired) electrons. The number of ether oxygens (including phenoxy) is 1. The molecule has 0 aliphatic heterocycles. The minimum absolute atomic E-state index is 0.0875. The standard InChI is InChI=1S/C15H24FNO/c1-10-7-8-13(9-14(10)16)11(2)17-12(3)15(4,5)18-6/h7-9,11-12,17H,1-6H3. The van der Waals surface area contributed by atoms with Gasteiger partial charge in [-0.2, -0.15) is 0 Å². The molecule has 2 atom stereocenters. The third-order valence-electron chi connectivity index (χ3n) is 3.76. The lowest BCUT2D eigenvalue weighted by Crippen LogP contribution is -2.46. The predicted molar refractivity (Wildman–Crippen MR) is 73.2 cm³/mol. The summed E-state index contributed by atoms with van der Waals surface area (Å²) in [5.74, 6) is -0.153. The van der Waals surface area contributed by atoms with E-state index < -0.39 is 0 Å². The molecule has 18 heavy (non-hydrogen) atoms. The van der Waals surface area contributed by atoms with Gasteiger partial charge in [-0.05, 0) is 51.8 Å². The minimum Gasteiger partial charge on any atom is -0.377 e. The number of aryl methyl sites for hydroxylation is 1. The zero-order chi connectivity index (χ0) is 13.9. The van der Waals surface area contributed by atoms with Crippen molar-refractivity contribution < 1.29 is 9.13 Å². The SMILES string of the molecule is COC(C)(C)C(C)NC(C)c1ccc(C)c(F)c1. The summed E-state index contributed by atoms with van der Waals surface area (Å²) < 4.78 is 19.0. The Balaban J connectivity index is 2.76. The van der Waals surface area contributed by atoms with Crippen molar-refractivity contribution >= 4 is 0 Å². The number of benzene rings is 1. The van der Waals surface area contributed by atoms with Crippen molar-refractivity contribution in [3.8, 4) is 0 Å². The molecule has 0 fully saturated rings. The molecule has 0 saturated heterocycles. The normalized spacial score (nSPS) is 15.5. The van der Waals surface area contributed by atoms with Crippen LogP contribution < -0.4 is 5.32 Å². The monoisotopic (exact) mass is 253 g/mol. The first-order valence-electron chi connectivity index (χ1n) is 6.35. The van der Waals surface area contributed by atoms with Crippen LogP contribution in [-0.2, 0) is 4.74 Å². The van der Waals surface area contributed by atoms with E-state index in [9.17, 15) is 4.39 Å². The van der Waals surface area contributed by atoms with E-state index in [1.165, 1.54) is 0 Å². The molecule has 0 aromatic heterocycles. The highest BCUT2D eigenvalue weighted by Crippen LogP contribution is 2.20. The summed E-state index contributed by atoms with van der Waals surface area (Å²) in [7, 11) is 1.70. The van der Waals surface area contributed by atoms with Crippen LogP contribution in [0.3, 0.4) is 0 Å². The molecule has 2 nitrogen and oxygen atoms in total. The maximum absolute atomic E-state index is 13.5. The molecule has 0 bridgehead atoms. The second-order valence-corrected chi connectivity index (χ2v) is 5.43. The number of halogens is 1. The second kappa shape index (κ2) is 5.81. The third kappa shape index (κ3) is 3.53.